The van der Waals surface area contributed by atoms with Crippen molar-refractivity contribution in [2.75, 3.05) is 6.61 Å². The molecule has 0 aliphatic carbocycles. The minimum absolute atomic E-state index is 0.354. The first-order valence-corrected chi connectivity index (χ1v) is 8.64. The summed E-state index contributed by atoms with van der Waals surface area (Å²) in [5.41, 5.74) is 2.46. The molecule has 0 amide bonds. The Balaban J connectivity index is 1.38. The van der Waals surface area contributed by atoms with Crippen molar-refractivity contribution in [1.82, 2.24) is 10.3 Å². The lowest BCUT2D eigenvalue weighted by Crippen LogP contribution is -2.38. The lowest BCUT2D eigenvalue weighted by atomic mass is 10.0. The highest BCUT2D eigenvalue weighted by Gasteiger charge is 2.19. The molecule has 0 spiro atoms. The van der Waals surface area contributed by atoms with Gasteiger partial charge in [-0.1, -0.05) is 48.5 Å². The molecule has 0 saturated heterocycles. The molecule has 3 nitrogen and oxygen atoms in total. The Hall–Kier alpha value is -2.17. The maximum Gasteiger partial charge on any atom is 0.123 e. The standard InChI is InChI=1S/C19H18N2OS/c1-2-6-14(7-3-1)19-21-12-17(23-19)11-20-16-10-15-8-4-5-9-18(15)22-13-16/h1-9,12,16,20H,10-11,13H2/t16-/m1/s1. The van der Waals surface area contributed by atoms with Gasteiger partial charge in [0.15, 0.2) is 0 Å². The summed E-state index contributed by atoms with van der Waals surface area (Å²) in [6.45, 7) is 1.56. The van der Waals surface area contributed by atoms with Crippen LogP contribution in [0.25, 0.3) is 10.6 Å². The number of thiazole rings is 1. The molecule has 4 heteroatoms. The zero-order valence-corrected chi connectivity index (χ0v) is 13.6. The molecule has 23 heavy (non-hydrogen) atoms. The molecule has 1 N–H and O–H groups in total. The first kappa shape index (κ1) is 14.4. The minimum Gasteiger partial charge on any atom is -0.492 e. The fourth-order valence-corrected chi connectivity index (χ4v) is 3.68. The summed E-state index contributed by atoms with van der Waals surface area (Å²) < 4.78 is 5.82. The number of nitrogens with one attached hydrogen (secondary N) is 1. The average molecular weight is 322 g/mol. The fraction of sp³-hybridized carbons (Fsp3) is 0.211. The van der Waals surface area contributed by atoms with Crippen molar-refractivity contribution in [3.63, 3.8) is 0 Å². The third-order valence-electron chi connectivity index (χ3n) is 4.02. The van der Waals surface area contributed by atoms with Gasteiger partial charge in [0.2, 0.25) is 0 Å². The highest BCUT2D eigenvalue weighted by atomic mass is 32.1. The van der Waals surface area contributed by atoms with E-state index in [4.69, 9.17) is 4.74 Å². The number of hydrogen-bond acceptors (Lipinski definition) is 4. The first-order chi connectivity index (χ1) is 11.4. The van der Waals surface area contributed by atoms with Crippen LogP contribution >= 0.6 is 11.3 Å². The van der Waals surface area contributed by atoms with E-state index in [1.165, 1.54) is 16.0 Å². The lowest BCUT2D eigenvalue weighted by Gasteiger charge is -2.25. The topological polar surface area (TPSA) is 34.2 Å². The summed E-state index contributed by atoms with van der Waals surface area (Å²) in [4.78, 5) is 5.79. The summed E-state index contributed by atoms with van der Waals surface area (Å²) in [6, 6.07) is 19.0. The van der Waals surface area contributed by atoms with Gasteiger partial charge in [-0.3, -0.25) is 0 Å². The highest BCUT2D eigenvalue weighted by molar-refractivity contribution is 7.15. The number of aromatic nitrogens is 1. The van der Waals surface area contributed by atoms with Gasteiger partial charge in [0.1, 0.15) is 17.4 Å². The van der Waals surface area contributed by atoms with Crippen LogP contribution in [-0.2, 0) is 13.0 Å². The summed E-state index contributed by atoms with van der Waals surface area (Å²) in [7, 11) is 0. The fourth-order valence-electron chi connectivity index (χ4n) is 2.81. The van der Waals surface area contributed by atoms with E-state index < -0.39 is 0 Å². The number of hydrogen-bond donors (Lipinski definition) is 1. The predicted octanol–water partition coefficient (Wildman–Crippen LogP) is 3.90. The second kappa shape index (κ2) is 6.52. The molecule has 0 radical (unpaired) electrons. The van der Waals surface area contributed by atoms with Gasteiger partial charge in [0, 0.05) is 29.2 Å². The van der Waals surface area contributed by atoms with E-state index in [9.17, 15) is 0 Å². The van der Waals surface area contributed by atoms with Gasteiger partial charge in [-0.05, 0) is 18.1 Å². The van der Waals surface area contributed by atoms with Crippen molar-refractivity contribution in [2.45, 2.75) is 19.0 Å². The largest absolute Gasteiger partial charge is 0.492 e. The number of benzene rings is 2. The van der Waals surface area contributed by atoms with Crippen LogP contribution in [0.15, 0.2) is 60.8 Å². The molecule has 1 atom stereocenters. The number of nitrogens with zero attached hydrogens (tertiary/aromatic N) is 1. The molecule has 0 unspecified atom stereocenters. The van der Waals surface area contributed by atoms with Crippen molar-refractivity contribution in [3.8, 4) is 16.3 Å². The molecule has 0 saturated carbocycles. The molecular formula is C19H18N2OS. The Morgan fingerprint density at radius 1 is 1.09 bits per heavy atom. The summed E-state index contributed by atoms with van der Waals surface area (Å²) >= 11 is 1.75. The number of rotatable bonds is 4. The van der Waals surface area contributed by atoms with Gasteiger partial charge >= 0.3 is 0 Å². The molecule has 4 rings (SSSR count). The Morgan fingerprint density at radius 2 is 1.91 bits per heavy atom. The Labute approximate surface area is 140 Å². The predicted molar refractivity (Wildman–Crippen MR) is 93.8 cm³/mol. The Bertz CT molecular complexity index is 785. The normalized spacial score (nSPS) is 16.6. The molecule has 2 aromatic carbocycles. The van der Waals surface area contributed by atoms with Crippen LogP contribution in [0.2, 0.25) is 0 Å². The van der Waals surface area contributed by atoms with Gasteiger partial charge in [-0.2, -0.15) is 0 Å². The molecule has 1 aromatic heterocycles. The highest BCUT2D eigenvalue weighted by Crippen LogP contribution is 2.26. The second-order valence-corrected chi connectivity index (χ2v) is 6.81. The number of fused-ring (bicyclic) bond motifs is 1. The van der Waals surface area contributed by atoms with Crippen LogP contribution in [-0.4, -0.2) is 17.6 Å². The smallest absolute Gasteiger partial charge is 0.123 e. The quantitative estimate of drug-likeness (QED) is 0.791. The molecule has 116 valence electrons. The summed E-state index contributed by atoms with van der Waals surface area (Å²) in [5.74, 6) is 1.02. The van der Waals surface area contributed by atoms with E-state index >= 15 is 0 Å². The maximum atomic E-state index is 5.82. The Kier molecular flexibility index (Phi) is 4.09. The molecule has 2 heterocycles. The van der Waals surface area contributed by atoms with Gasteiger partial charge in [0.25, 0.3) is 0 Å². The molecule has 1 aliphatic heterocycles. The van der Waals surface area contributed by atoms with Crippen LogP contribution < -0.4 is 10.1 Å². The third-order valence-corrected chi connectivity index (χ3v) is 5.06. The van der Waals surface area contributed by atoms with Gasteiger partial charge in [-0.25, -0.2) is 4.98 Å². The molecule has 3 aromatic rings. The van der Waals surface area contributed by atoms with Crippen molar-refractivity contribution >= 4 is 11.3 Å². The average Bonchev–Trinajstić information content (AvgIpc) is 3.10. The van der Waals surface area contributed by atoms with Crippen LogP contribution in [0.5, 0.6) is 5.75 Å². The SMILES string of the molecule is c1ccc(-c2ncc(CN[C@H]3COc4ccccc4C3)s2)cc1. The van der Waals surface area contributed by atoms with E-state index in [1.54, 1.807) is 11.3 Å². The van der Waals surface area contributed by atoms with Crippen LogP contribution in [0, 0.1) is 0 Å². The molecule has 1 aliphatic rings. The molecule has 0 bridgehead atoms. The first-order valence-electron chi connectivity index (χ1n) is 7.83. The number of ether oxygens (including phenoxy) is 1. The van der Waals surface area contributed by atoms with E-state index in [0.29, 0.717) is 6.04 Å². The maximum absolute atomic E-state index is 5.82. The van der Waals surface area contributed by atoms with E-state index in [2.05, 4.69) is 34.6 Å². The third kappa shape index (κ3) is 3.28. The Morgan fingerprint density at radius 3 is 2.83 bits per heavy atom. The van der Waals surface area contributed by atoms with E-state index in [-0.39, 0.29) is 0 Å². The zero-order chi connectivity index (χ0) is 15.5. The summed E-state index contributed by atoms with van der Waals surface area (Å²) in [5, 5.41) is 4.67. The van der Waals surface area contributed by atoms with Gasteiger partial charge in [0.05, 0.1) is 0 Å². The molecule has 0 fully saturated rings. The van der Waals surface area contributed by atoms with Crippen molar-refractivity contribution in [3.05, 3.63) is 71.2 Å². The van der Waals surface area contributed by atoms with Crippen molar-refractivity contribution in [2.24, 2.45) is 0 Å². The second-order valence-electron chi connectivity index (χ2n) is 5.70. The van der Waals surface area contributed by atoms with Crippen molar-refractivity contribution in [1.29, 1.82) is 0 Å². The van der Waals surface area contributed by atoms with Gasteiger partial charge in [-0.15, -0.1) is 11.3 Å². The lowest BCUT2D eigenvalue weighted by molar-refractivity contribution is 0.238. The van der Waals surface area contributed by atoms with Gasteiger partial charge < -0.3 is 10.1 Å². The van der Waals surface area contributed by atoms with Crippen LogP contribution in [0.4, 0.5) is 0 Å². The zero-order valence-electron chi connectivity index (χ0n) is 12.7. The summed E-state index contributed by atoms with van der Waals surface area (Å²) in [6.07, 6.45) is 2.98. The van der Waals surface area contributed by atoms with Crippen molar-refractivity contribution < 1.29 is 4.74 Å². The monoisotopic (exact) mass is 322 g/mol. The van der Waals surface area contributed by atoms with Crippen LogP contribution in [0.3, 0.4) is 0 Å². The van der Waals surface area contributed by atoms with Crippen LogP contribution in [0.1, 0.15) is 10.4 Å². The van der Waals surface area contributed by atoms with E-state index in [0.717, 1.165) is 30.3 Å². The molecular weight excluding hydrogens is 304 g/mol. The number of para-hydroxylation sites is 1. The minimum atomic E-state index is 0.354. The van der Waals surface area contributed by atoms with E-state index in [1.807, 2.05) is 36.5 Å².